The first-order chi connectivity index (χ1) is 7.98. The summed E-state index contributed by atoms with van der Waals surface area (Å²) in [5.74, 6) is 0. The van der Waals surface area contributed by atoms with Gasteiger partial charge in [-0.15, -0.1) is 0 Å². The van der Waals surface area contributed by atoms with E-state index in [-0.39, 0.29) is 5.41 Å². The van der Waals surface area contributed by atoms with Gasteiger partial charge in [0.25, 0.3) is 0 Å². The lowest BCUT2D eigenvalue weighted by atomic mass is 9.95. The van der Waals surface area contributed by atoms with E-state index in [9.17, 15) is 18.0 Å². The predicted molar refractivity (Wildman–Crippen MR) is 56.4 cm³/mol. The van der Waals surface area contributed by atoms with E-state index in [1.165, 1.54) is 12.1 Å². The molecule has 1 fully saturated rings. The van der Waals surface area contributed by atoms with Crippen molar-refractivity contribution in [2.75, 3.05) is 6.54 Å². The topological polar surface area (TPSA) is 29.1 Å². The molecular weight excluding hydrogens is 231 g/mol. The van der Waals surface area contributed by atoms with Crippen molar-refractivity contribution in [2.45, 2.75) is 24.4 Å². The fraction of sp³-hybridized carbons (Fsp3) is 0.417. The maximum absolute atomic E-state index is 12.4. The fourth-order valence-electron chi connectivity index (χ4n) is 1.97. The predicted octanol–water partition coefficient (Wildman–Crippen LogP) is 2.48. The lowest BCUT2D eigenvalue weighted by Crippen LogP contribution is -2.25. The van der Waals surface area contributed by atoms with Crippen molar-refractivity contribution in [2.24, 2.45) is 0 Å². The monoisotopic (exact) mass is 243 g/mol. The first-order valence-electron chi connectivity index (χ1n) is 5.33. The number of halogens is 3. The summed E-state index contributed by atoms with van der Waals surface area (Å²) in [4.78, 5) is 10.2. The summed E-state index contributed by atoms with van der Waals surface area (Å²) in [7, 11) is 0. The number of carbonyl (C=O) groups is 1. The van der Waals surface area contributed by atoms with Gasteiger partial charge in [-0.05, 0) is 30.5 Å². The standard InChI is InChI=1S/C12H12F3NO/c13-12(14,15)10-3-1-9(2-4-10)11(5-6-11)7-16-8-17/h1-4,8H,5-7H2,(H,16,17). The molecule has 0 saturated heterocycles. The molecule has 1 aromatic rings. The summed E-state index contributed by atoms with van der Waals surface area (Å²) in [6, 6.07) is 5.19. The Morgan fingerprint density at radius 1 is 1.24 bits per heavy atom. The van der Waals surface area contributed by atoms with Gasteiger partial charge in [-0.1, -0.05) is 12.1 Å². The minimum atomic E-state index is -4.30. The highest BCUT2D eigenvalue weighted by Crippen LogP contribution is 2.47. The van der Waals surface area contributed by atoms with Crippen molar-refractivity contribution in [3.63, 3.8) is 0 Å². The Bertz CT molecular complexity index is 407. The van der Waals surface area contributed by atoms with Crippen LogP contribution >= 0.6 is 0 Å². The number of hydrogen-bond donors (Lipinski definition) is 1. The minimum Gasteiger partial charge on any atom is -0.358 e. The van der Waals surface area contributed by atoms with Crippen LogP contribution in [0.5, 0.6) is 0 Å². The number of carbonyl (C=O) groups excluding carboxylic acids is 1. The van der Waals surface area contributed by atoms with Crippen molar-refractivity contribution in [3.05, 3.63) is 35.4 Å². The van der Waals surface area contributed by atoms with Crippen molar-refractivity contribution in [3.8, 4) is 0 Å². The van der Waals surface area contributed by atoms with Crippen molar-refractivity contribution < 1.29 is 18.0 Å². The van der Waals surface area contributed by atoms with Gasteiger partial charge in [-0.2, -0.15) is 13.2 Å². The van der Waals surface area contributed by atoms with E-state index in [0.29, 0.717) is 13.0 Å². The molecule has 1 amide bonds. The molecule has 92 valence electrons. The molecule has 0 atom stereocenters. The van der Waals surface area contributed by atoms with E-state index in [1.54, 1.807) is 0 Å². The van der Waals surface area contributed by atoms with Gasteiger partial charge in [0.1, 0.15) is 0 Å². The highest BCUT2D eigenvalue weighted by molar-refractivity contribution is 5.47. The van der Waals surface area contributed by atoms with Crippen molar-refractivity contribution in [1.29, 1.82) is 0 Å². The molecule has 17 heavy (non-hydrogen) atoms. The molecule has 0 aromatic heterocycles. The Morgan fingerprint density at radius 2 is 1.82 bits per heavy atom. The van der Waals surface area contributed by atoms with Gasteiger partial charge in [0, 0.05) is 12.0 Å². The molecule has 0 bridgehead atoms. The first-order valence-corrected chi connectivity index (χ1v) is 5.33. The molecule has 0 aliphatic heterocycles. The maximum Gasteiger partial charge on any atom is 0.416 e. The maximum atomic E-state index is 12.4. The van der Waals surface area contributed by atoms with Crippen molar-refractivity contribution >= 4 is 6.41 Å². The smallest absolute Gasteiger partial charge is 0.358 e. The Balaban J connectivity index is 2.16. The highest BCUT2D eigenvalue weighted by atomic mass is 19.4. The van der Waals surface area contributed by atoms with E-state index >= 15 is 0 Å². The Labute approximate surface area is 96.8 Å². The van der Waals surface area contributed by atoms with Gasteiger partial charge in [0.2, 0.25) is 6.41 Å². The van der Waals surface area contributed by atoms with Crippen LogP contribution in [0.2, 0.25) is 0 Å². The zero-order valence-corrected chi connectivity index (χ0v) is 9.05. The summed E-state index contributed by atoms with van der Waals surface area (Å²) in [5.41, 5.74) is 0.0747. The summed E-state index contributed by atoms with van der Waals surface area (Å²) < 4.78 is 37.1. The third kappa shape index (κ3) is 2.43. The molecule has 2 nitrogen and oxygen atoms in total. The van der Waals surface area contributed by atoms with Crippen LogP contribution in [-0.4, -0.2) is 13.0 Å². The number of alkyl halides is 3. The van der Waals surface area contributed by atoms with Crippen LogP contribution in [0.15, 0.2) is 24.3 Å². The van der Waals surface area contributed by atoms with Crippen LogP contribution in [0.25, 0.3) is 0 Å². The van der Waals surface area contributed by atoms with Gasteiger partial charge < -0.3 is 5.32 Å². The van der Waals surface area contributed by atoms with Crippen LogP contribution < -0.4 is 5.32 Å². The zero-order valence-electron chi connectivity index (χ0n) is 9.05. The molecule has 0 unspecified atom stereocenters. The second-order valence-electron chi connectivity index (χ2n) is 4.35. The third-order valence-corrected chi connectivity index (χ3v) is 3.20. The minimum absolute atomic E-state index is 0.148. The number of hydrogen-bond acceptors (Lipinski definition) is 1. The van der Waals surface area contributed by atoms with Gasteiger partial charge in [-0.25, -0.2) is 0 Å². The van der Waals surface area contributed by atoms with Gasteiger partial charge >= 0.3 is 6.18 Å². The molecule has 0 spiro atoms. The molecule has 2 rings (SSSR count). The molecule has 0 radical (unpaired) electrons. The van der Waals surface area contributed by atoms with Crippen LogP contribution in [0.3, 0.4) is 0 Å². The van der Waals surface area contributed by atoms with E-state index in [1.807, 2.05) is 0 Å². The molecule has 1 aromatic carbocycles. The molecule has 1 aliphatic carbocycles. The zero-order chi connectivity index (χ0) is 12.5. The Hall–Kier alpha value is -1.52. The van der Waals surface area contributed by atoms with Crippen molar-refractivity contribution in [1.82, 2.24) is 5.32 Å². The van der Waals surface area contributed by atoms with Gasteiger partial charge in [0.15, 0.2) is 0 Å². The number of amides is 1. The number of benzene rings is 1. The molecule has 1 aliphatic rings. The van der Waals surface area contributed by atoms with Crippen LogP contribution in [0.1, 0.15) is 24.0 Å². The van der Waals surface area contributed by atoms with Crippen LogP contribution in [0.4, 0.5) is 13.2 Å². The third-order valence-electron chi connectivity index (χ3n) is 3.20. The number of rotatable bonds is 4. The van der Waals surface area contributed by atoms with E-state index < -0.39 is 11.7 Å². The SMILES string of the molecule is O=CNCC1(c2ccc(C(F)(F)F)cc2)CC1. The summed E-state index contributed by atoms with van der Waals surface area (Å²) in [6.45, 7) is 0.488. The van der Waals surface area contributed by atoms with E-state index in [2.05, 4.69) is 5.32 Å². The molecular formula is C12H12F3NO. The molecule has 0 heterocycles. The highest BCUT2D eigenvalue weighted by Gasteiger charge is 2.44. The lowest BCUT2D eigenvalue weighted by molar-refractivity contribution is -0.137. The van der Waals surface area contributed by atoms with Gasteiger partial charge in [-0.3, -0.25) is 4.79 Å². The summed E-state index contributed by atoms with van der Waals surface area (Å²) >= 11 is 0. The molecule has 5 heteroatoms. The van der Waals surface area contributed by atoms with E-state index in [4.69, 9.17) is 0 Å². The largest absolute Gasteiger partial charge is 0.416 e. The Kier molecular flexibility index (Phi) is 2.85. The average molecular weight is 243 g/mol. The lowest BCUT2D eigenvalue weighted by Gasteiger charge is -2.16. The number of nitrogens with one attached hydrogen (secondary N) is 1. The molecule has 1 N–H and O–H groups in total. The summed E-state index contributed by atoms with van der Waals surface area (Å²) in [6.07, 6.45) is -1.88. The summed E-state index contributed by atoms with van der Waals surface area (Å²) in [5, 5.41) is 2.59. The normalized spacial score (nSPS) is 17.6. The van der Waals surface area contributed by atoms with E-state index in [0.717, 1.165) is 30.5 Å². The molecule has 1 saturated carbocycles. The van der Waals surface area contributed by atoms with Crippen LogP contribution in [0, 0.1) is 0 Å². The Morgan fingerprint density at radius 3 is 2.24 bits per heavy atom. The second-order valence-corrected chi connectivity index (χ2v) is 4.35. The second kappa shape index (κ2) is 4.05. The van der Waals surface area contributed by atoms with Crippen LogP contribution in [-0.2, 0) is 16.4 Å². The quantitative estimate of drug-likeness (QED) is 0.809. The van der Waals surface area contributed by atoms with Gasteiger partial charge in [0.05, 0.1) is 5.56 Å². The fourth-order valence-corrected chi connectivity index (χ4v) is 1.97. The average Bonchev–Trinajstić information content (AvgIpc) is 3.07. The first kappa shape index (κ1) is 12.0.